The first kappa shape index (κ1) is 27.1. The molecule has 0 fully saturated rings. The summed E-state index contributed by atoms with van der Waals surface area (Å²) < 4.78 is 76.1. The van der Waals surface area contributed by atoms with Crippen molar-refractivity contribution < 1.29 is 30.3 Å². The quantitative estimate of drug-likeness (QED) is 0.239. The monoisotopic (exact) mass is 501 g/mol. The second-order valence-electron chi connectivity index (χ2n) is 9.42. The molecule has 2 aromatic rings. The highest BCUT2D eigenvalue weighted by Gasteiger charge is 2.40. The highest BCUT2D eigenvalue weighted by atomic mass is 32.2. The second-order valence-corrected chi connectivity index (χ2v) is 15.7. The van der Waals surface area contributed by atoms with Crippen LogP contribution in [-0.2, 0) is 18.8 Å². The lowest BCUT2D eigenvalue weighted by Gasteiger charge is -2.38. The minimum absolute atomic E-state index is 0.0163. The lowest BCUT2D eigenvalue weighted by molar-refractivity contribution is -0.0597. The molecule has 0 N–H and O–H groups in total. The minimum atomic E-state index is -4.92. The molecule has 0 radical (unpaired) electrons. The topological polar surface area (TPSA) is 65.0 Å². The van der Waals surface area contributed by atoms with Crippen LogP contribution in [0.15, 0.2) is 58.6 Å². The highest BCUT2D eigenvalue weighted by Crippen LogP contribution is 2.39. The van der Waals surface area contributed by atoms with Gasteiger partial charge in [0.15, 0.2) is 14.0 Å². The SMILES string of the molecule is Cc1ccc(S(=O)(=O)O/N=C(\c2ccc(C(C)O[Si](C)(C)C(C)(C)C)cc2)C(F)(F)F)cc1. The Hall–Kier alpha value is -2.17. The summed E-state index contributed by atoms with van der Waals surface area (Å²) in [5, 5.41) is 2.96. The van der Waals surface area contributed by atoms with Gasteiger partial charge in [-0.1, -0.05) is 67.9 Å². The maximum absolute atomic E-state index is 13.6. The van der Waals surface area contributed by atoms with Crippen LogP contribution in [0.2, 0.25) is 18.1 Å². The smallest absolute Gasteiger partial charge is 0.410 e. The number of halogens is 3. The normalized spacial score (nSPS) is 14.8. The van der Waals surface area contributed by atoms with Crippen LogP contribution in [-0.4, -0.2) is 28.6 Å². The summed E-state index contributed by atoms with van der Waals surface area (Å²) in [5.41, 5.74) is -0.258. The Kier molecular flexibility index (Phi) is 7.87. The van der Waals surface area contributed by atoms with E-state index in [1.807, 2.05) is 6.92 Å². The van der Waals surface area contributed by atoms with Gasteiger partial charge in [0.1, 0.15) is 4.90 Å². The van der Waals surface area contributed by atoms with E-state index in [1.54, 1.807) is 6.92 Å². The first-order chi connectivity index (χ1) is 14.9. The Morgan fingerprint density at radius 1 is 0.970 bits per heavy atom. The number of oxime groups is 1. The predicted molar refractivity (Wildman–Crippen MR) is 125 cm³/mol. The van der Waals surface area contributed by atoms with E-state index in [-0.39, 0.29) is 21.6 Å². The van der Waals surface area contributed by atoms with Crippen molar-refractivity contribution >= 4 is 24.1 Å². The van der Waals surface area contributed by atoms with Crippen molar-refractivity contribution in [1.82, 2.24) is 0 Å². The fraction of sp³-hybridized carbons (Fsp3) is 0.435. The van der Waals surface area contributed by atoms with Crippen molar-refractivity contribution in [3.63, 3.8) is 0 Å². The van der Waals surface area contributed by atoms with Crippen molar-refractivity contribution in [2.24, 2.45) is 5.16 Å². The third kappa shape index (κ3) is 6.91. The van der Waals surface area contributed by atoms with Crippen molar-refractivity contribution in [1.29, 1.82) is 0 Å². The molecule has 0 aromatic heterocycles. The van der Waals surface area contributed by atoms with Crippen LogP contribution >= 0.6 is 0 Å². The standard InChI is InChI=1S/C23H30F3NO4SSi/c1-16-8-14-20(15-9-16)32(28,29)31-27-21(23(24,25)26)19-12-10-18(11-13-19)17(2)30-33(6,7)22(3,4)5/h8-15,17H,1-7H3/b27-21+. The molecule has 0 bridgehead atoms. The third-order valence-corrected chi connectivity index (χ3v) is 11.4. The number of benzene rings is 2. The van der Waals surface area contributed by atoms with Crippen LogP contribution in [0.25, 0.3) is 0 Å². The van der Waals surface area contributed by atoms with Gasteiger partial charge >= 0.3 is 16.3 Å². The summed E-state index contributed by atoms with van der Waals surface area (Å²) >= 11 is 0. The van der Waals surface area contributed by atoms with E-state index in [0.717, 1.165) is 5.56 Å². The van der Waals surface area contributed by atoms with E-state index in [4.69, 9.17) is 4.43 Å². The first-order valence-electron chi connectivity index (χ1n) is 10.4. The summed E-state index contributed by atoms with van der Waals surface area (Å²) in [5.74, 6) is 0. The molecule has 182 valence electrons. The van der Waals surface area contributed by atoms with Crippen LogP contribution in [0.4, 0.5) is 13.2 Å². The van der Waals surface area contributed by atoms with Crippen LogP contribution < -0.4 is 0 Å². The molecule has 1 atom stereocenters. The van der Waals surface area contributed by atoms with Crippen molar-refractivity contribution in [3.8, 4) is 0 Å². The molecule has 10 heteroatoms. The second kappa shape index (κ2) is 9.59. The number of alkyl halides is 3. The van der Waals surface area contributed by atoms with Gasteiger partial charge in [-0.05, 0) is 49.7 Å². The average molecular weight is 502 g/mol. The van der Waals surface area contributed by atoms with Gasteiger partial charge in [0.05, 0.1) is 6.10 Å². The fourth-order valence-corrected chi connectivity index (χ4v) is 4.80. The molecule has 2 rings (SSSR count). The summed E-state index contributed by atoms with van der Waals surface area (Å²) in [4.78, 5) is -0.287. The molecular weight excluding hydrogens is 471 g/mol. The third-order valence-electron chi connectivity index (χ3n) is 5.74. The molecule has 2 aromatic carbocycles. The summed E-state index contributed by atoms with van der Waals surface area (Å²) in [6, 6.07) is 11.0. The van der Waals surface area contributed by atoms with E-state index < -0.39 is 30.3 Å². The summed E-state index contributed by atoms with van der Waals surface area (Å²) in [6.07, 6.45) is -5.24. The van der Waals surface area contributed by atoms with E-state index in [2.05, 4.69) is 43.3 Å². The molecule has 33 heavy (non-hydrogen) atoms. The Balaban J connectivity index is 2.30. The zero-order valence-corrected chi connectivity index (χ0v) is 21.6. The molecule has 0 saturated heterocycles. The zero-order valence-electron chi connectivity index (χ0n) is 19.8. The van der Waals surface area contributed by atoms with E-state index in [9.17, 15) is 21.6 Å². The number of nitrogens with zero attached hydrogens (tertiary/aromatic N) is 1. The van der Waals surface area contributed by atoms with Crippen molar-refractivity contribution in [3.05, 3.63) is 65.2 Å². The lowest BCUT2D eigenvalue weighted by atomic mass is 10.0. The van der Waals surface area contributed by atoms with Crippen LogP contribution in [0.3, 0.4) is 0 Å². The molecule has 0 aliphatic heterocycles. The van der Waals surface area contributed by atoms with Gasteiger partial charge < -0.3 is 4.43 Å². The van der Waals surface area contributed by atoms with E-state index >= 15 is 0 Å². The van der Waals surface area contributed by atoms with Gasteiger partial charge in [-0.15, -0.1) is 0 Å². The Morgan fingerprint density at radius 2 is 1.48 bits per heavy atom. The molecule has 0 aliphatic carbocycles. The van der Waals surface area contributed by atoms with E-state index in [1.165, 1.54) is 48.5 Å². The minimum Gasteiger partial charge on any atom is -0.410 e. The Bertz CT molecular complexity index is 1090. The van der Waals surface area contributed by atoms with Crippen LogP contribution in [0, 0.1) is 6.92 Å². The lowest BCUT2D eigenvalue weighted by Crippen LogP contribution is -2.41. The maximum atomic E-state index is 13.6. The Labute approximate surface area is 194 Å². The van der Waals surface area contributed by atoms with Crippen LogP contribution in [0.5, 0.6) is 0 Å². The van der Waals surface area contributed by atoms with Crippen molar-refractivity contribution in [2.75, 3.05) is 0 Å². The number of rotatable bonds is 7. The van der Waals surface area contributed by atoms with E-state index in [0.29, 0.717) is 5.56 Å². The summed E-state index contributed by atoms with van der Waals surface area (Å²) in [6.45, 7) is 14.1. The number of aryl methyl sites for hydroxylation is 1. The molecule has 0 saturated carbocycles. The first-order valence-corrected chi connectivity index (χ1v) is 14.7. The van der Waals surface area contributed by atoms with Crippen LogP contribution in [0.1, 0.15) is 50.5 Å². The number of hydrogen-bond donors (Lipinski definition) is 0. The molecule has 0 amide bonds. The van der Waals surface area contributed by atoms with Gasteiger partial charge in [-0.3, -0.25) is 4.28 Å². The maximum Gasteiger partial charge on any atom is 0.437 e. The fourth-order valence-electron chi connectivity index (χ4n) is 2.70. The van der Waals surface area contributed by atoms with Gasteiger partial charge in [-0.25, -0.2) is 0 Å². The summed E-state index contributed by atoms with van der Waals surface area (Å²) in [7, 11) is -6.58. The Morgan fingerprint density at radius 3 is 1.94 bits per heavy atom. The molecule has 1 unspecified atom stereocenters. The number of hydrogen-bond acceptors (Lipinski definition) is 5. The van der Waals surface area contributed by atoms with Crippen molar-refractivity contribution in [2.45, 2.75) is 69.9 Å². The van der Waals surface area contributed by atoms with Gasteiger partial charge in [0, 0.05) is 5.56 Å². The zero-order chi connectivity index (χ0) is 25.2. The molecular formula is C23H30F3NO4SSi. The molecule has 0 heterocycles. The van der Waals surface area contributed by atoms with Gasteiger partial charge in [0.2, 0.25) is 0 Å². The van der Waals surface area contributed by atoms with Gasteiger partial charge in [0.25, 0.3) is 0 Å². The predicted octanol–water partition coefficient (Wildman–Crippen LogP) is 6.75. The molecule has 0 aliphatic rings. The average Bonchev–Trinajstić information content (AvgIpc) is 2.66. The van der Waals surface area contributed by atoms with Gasteiger partial charge in [-0.2, -0.15) is 21.6 Å². The largest absolute Gasteiger partial charge is 0.437 e. The molecule has 5 nitrogen and oxygen atoms in total. The highest BCUT2D eigenvalue weighted by molar-refractivity contribution is 7.86. The molecule has 0 spiro atoms.